The number of para-hydroxylation sites is 1. The molecule has 11 heteroatoms. The van der Waals surface area contributed by atoms with Crippen LogP contribution in [0.3, 0.4) is 0 Å². The lowest BCUT2D eigenvalue weighted by atomic mass is 9.95. The fourth-order valence-corrected chi connectivity index (χ4v) is 4.60. The summed E-state index contributed by atoms with van der Waals surface area (Å²) in [5, 5.41) is 15.6. The number of benzene rings is 2. The highest BCUT2D eigenvalue weighted by molar-refractivity contribution is 5.92. The molecule has 0 saturated carbocycles. The summed E-state index contributed by atoms with van der Waals surface area (Å²) in [6, 6.07) is 10.3. The Kier molecular flexibility index (Phi) is 4.48. The van der Waals surface area contributed by atoms with Crippen molar-refractivity contribution in [1.29, 1.82) is 0 Å². The zero-order valence-corrected chi connectivity index (χ0v) is 17.7. The van der Waals surface area contributed by atoms with Crippen molar-refractivity contribution in [3.8, 4) is 11.4 Å². The minimum Gasteiger partial charge on any atom is -0.323 e. The predicted molar refractivity (Wildman–Crippen MR) is 121 cm³/mol. The van der Waals surface area contributed by atoms with Gasteiger partial charge in [-0.05, 0) is 49.9 Å². The second-order valence-electron chi connectivity index (χ2n) is 8.26. The van der Waals surface area contributed by atoms with Crippen molar-refractivity contribution in [2.75, 3.05) is 5.32 Å². The third kappa shape index (κ3) is 3.23. The fraction of sp³-hybridized carbons (Fsp3) is 0.217. The van der Waals surface area contributed by atoms with Crippen LogP contribution in [0.5, 0.6) is 0 Å². The molecule has 0 radical (unpaired) electrons. The average molecular weight is 465 g/mol. The normalized spacial score (nSPS) is 14.0. The van der Waals surface area contributed by atoms with E-state index in [0.717, 1.165) is 29.3 Å². The predicted octanol–water partition coefficient (Wildman–Crippen LogP) is 4.83. The number of aryl methyl sites for hydroxylation is 1. The first-order valence-electron chi connectivity index (χ1n) is 10.8. The smallest absolute Gasteiger partial charge is 0.323 e. The van der Waals surface area contributed by atoms with Gasteiger partial charge in [-0.1, -0.05) is 12.1 Å². The molecule has 3 heterocycles. The first kappa shape index (κ1) is 20.5. The molecule has 8 nitrogen and oxygen atoms in total. The highest BCUT2D eigenvalue weighted by atomic mass is 19.4. The molecule has 0 unspecified atom stereocenters. The first-order valence-corrected chi connectivity index (χ1v) is 10.8. The quantitative estimate of drug-likeness (QED) is 0.305. The zero-order chi connectivity index (χ0) is 23.4. The van der Waals surface area contributed by atoms with Crippen LogP contribution in [0.1, 0.15) is 29.7 Å². The molecule has 4 N–H and O–H groups in total. The second kappa shape index (κ2) is 7.44. The van der Waals surface area contributed by atoms with E-state index in [-0.39, 0.29) is 16.9 Å². The Morgan fingerprint density at radius 1 is 0.912 bits per heavy atom. The number of fused-ring (bicyclic) bond motifs is 3. The van der Waals surface area contributed by atoms with Crippen LogP contribution in [-0.4, -0.2) is 30.4 Å². The van der Waals surface area contributed by atoms with Crippen molar-refractivity contribution in [2.24, 2.45) is 0 Å². The Labute approximate surface area is 189 Å². The van der Waals surface area contributed by atoms with Crippen molar-refractivity contribution in [1.82, 2.24) is 30.4 Å². The minimum absolute atomic E-state index is 0.0698. The van der Waals surface area contributed by atoms with E-state index in [1.54, 1.807) is 0 Å². The van der Waals surface area contributed by atoms with Gasteiger partial charge in [0.1, 0.15) is 5.82 Å². The molecule has 3 aromatic heterocycles. The molecular formula is C23H18F3N7O. The van der Waals surface area contributed by atoms with Crippen LogP contribution >= 0.6 is 0 Å². The Morgan fingerprint density at radius 3 is 2.59 bits per heavy atom. The first-order chi connectivity index (χ1) is 16.4. The number of hydrogen-bond donors (Lipinski definition) is 4. The summed E-state index contributed by atoms with van der Waals surface area (Å²) in [6.45, 7) is 0. The largest absolute Gasteiger partial charge is 0.417 e. The number of aromatic nitrogens is 6. The van der Waals surface area contributed by atoms with E-state index in [1.165, 1.54) is 12.1 Å². The maximum atomic E-state index is 14.2. The van der Waals surface area contributed by atoms with Crippen LogP contribution in [0.15, 0.2) is 41.2 Å². The molecule has 0 aliphatic heterocycles. The molecule has 0 saturated heterocycles. The monoisotopic (exact) mass is 465 g/mol. The summed E-state index contributed by atoms with van der Waals surface area (Å²) in [7, 11) is 0. The lowest BCUT2D eigenvalue weighted by molar-refractivity contribution is -0.135. The van der Waals surface area contributed by atoms with Gasteiger partial charge in [0.2, 0.25) is 0 Å². The molecule has 0 amide bonds. The van der Waals surface area contributed by atoms with Crippen LogP contribution in [0.4, 0.5) is 24.8 Å². The maximum Gasteiger partial charge on any atom is 0.417 e. The van der Waals surface area contributed by atoms with E-state index in [9.17, 15) is 18.0 Å². The molecule has 0 bridgehead atoms. The summed E-state index contributed by atoms with van der Waals surface area (Å²) >= 11 is 0. The summed E-state index contributed by atoms with van der Waals surface area (Å²) in [5.41, 5.74) is 0.326. The second-order valence-corrected chi connectivity index (χ2v) is 8.26. The van der Waals surface area contributed by atoms with Crippen LogP contribution in [0.2, 0.25) is 0 Å². The van der Waals surface area contributed by atoms with Crippen LogP contribution < -0.4 is 10.9 Å². The molecule has 1 aliphatic carbocycles. The third-order valence-corrected chi connectivity index (χ3v) is 6.16. The lowest BCUT2D eigenvalue weighted by Crippen LogP contribution is -2.15. The highest BCUT2D eigenvalue weighted by Crippen LogP contribution is 2.41. The van der Waals surface area contributed by atoms with E-state index in [1.807, 2.05) is 24.3 Å². The number of H-pyrrole nitrogens is 3. The van der Waals surface area contributed by atoms with E-state index < -0.39 is 22.7 Å². The van der Waals surface area contributed by atoms with Gasteiger partial charge < -0.3 is 5.32 Å². The van der Waals surface area contributed by atoms with Crippen LogP contribution in [0, 0.1) is 0 Å². The number of halogens is 3. The number of hydrogen-bond acceptors (Lipinski definition) is 5. The Bertz CT molecular complexity index is 1610. The van der Waals surface area contributed by atoms with E-state index in [4.69, 9.17) is 0 Å². The Hall–Kier alpha value is -4.15. The Morgan fingerprint density at radius 2 is 1.74 bits per heavy atom. The molecule has 2 aromatic carbocycles. The molecule has 34 heavy (non-hydrogen) atoms. The van der Waals surface area contributed by atoms with Gasteiger partial charge in [0.15, 0.2) is 11.6 Å². The van der Waals surface area contributed by atoms with Crippen molar-refractivity contribution in [3.05, 3.63) is 63.6 Å². The fourth-order valence-electron chi connectivity index (χ4n) is 4.60. The number of rotatable bonds is 3. The van der Waals surface area contributed by atoms with Gasteiger partial charge in [0, 0.05) is 22.2 Å². The number of anilines is 2. The van der Waals surface area contributed by atoms with Gasteiger partial charge >= 0.3 is 6.18 Å². The number of nitrogens with one attached hydrogen (secondary N) is 4. The summed E-state index contributed by atoms with van der Waals surface area (Å²) in [5.74, 6) is 0.868. The highest BCUT2D eigenvalue weighted by Gasteiger charge is 2.38. The summed E-state index contributed by atoms with van der Waals surface area (Å²) in [4.78, 5) is 21.3. The van der Waals surface area contributed by atoms with Crippen molar-refractivity contribution < 1.29 is 13.2 Å². The topological polar surface area (TPSA) is 115 Å². The standard InChI is InChI=1S/C23H18F3N7O/c24-23(25,26)18-13(9-10-16-17(18)22(34)33-31-16)20-27-14-7-3-1-5-11(14)19(28-20)29-21-12-6-2-4-8-15(12)30-32-21/h2,4,6,8-10H,1,3,5,7H2,(H2,31,33,34)(H2,27,28,29,30,32). The van der Waals surface area contributed by atoms with Crippen LogP contribution in [-0.2, 0) is 19.0 Å². The van der Waals surface area contributed by atoms with Gasteiger partial charge in [0.25, 0.3) is 5.56 Å². The zero-order valence-electron chi connectivity index (χ0n) is 17.7. The molecular weight excluding hydrogens is 447 g/mol. The van der Waals surface area contributed by atoms with E-state index in [2.05, 4.69) is 35.7 Å². The van der Waals surface area contributed by atoms with Gasteiger partial charge in [0.05, 0.1) is 22.0 Å². The van der Waals surface area contributed by atoms with Crippen molar-refractivity contribution in [3.63, 3.8) is 0 Å². The Balaban J connectivity index is 1.57. The van der Waals surface area contributed by atoms with E-state index >= 15 is 0 Å². The van der Waals surface area contributed by atoms with Gasteiger partial charge in [-0.2, -0.15) is 18.3 Å². The minimum atomic E-state index is -4.78. The average Bonchev–Trinajstić information content (AvgIpc) is 3.41. The summed E-state index contributed by atoms with van der Waals surface area (Å²) < 4.78 is 42.6. The van der Waals surface area contributed by atoms with Gasteiger partial charge in [-0.15, -0.1) is 0 Å². The van der Waals surface area contributed by atoms with Gasteiger partial charge in [-0.3, -0.25) is 20.1 Å². The SMILES string of the molecule is O=c1[nH][nH]c2ccc(-c3nc4c(c(Nc5n[nH]c6ccccc56)n3)CCCC4)c(C(F)(F)F)c12. The maximum absolute atomic E-state index is 14.2. The molecule has 0 fully saturated rings. The number of aromatic amines is 3. The van der Waals surface area contributed by atoms with E-state index in [0.29, 0.717) is 30.2 Å². The molecule has 5 aromatic rings. The van der Waals surface area contributed by atoms with Crippen molar-refractivity contribution in [2.45, 2.75) is 31.9 Å². The molecule has 1 aliphatic rings. The molecule has 0 atom stereocenters. The molecule has 6 rings (SSSR count). The molecule has 0 spiro atoms. The molecule has 172 valence electrons. The van der Waals surface area contributed by atoms with Crippen LogP contribution in [0.25, 0.3) is 33.2 Å². The number of alkyl halides is 3. The third-order valence-electron chi connectivity index (χ3n) is 6.16. The lowest BCUT2D eigenvalue weighted by Gasteiger charge is -2.20. The van der Waals surface area contributed by atoms with Crippen molar-refractivity contribution >= 4 is 33.4 Å². The number of nitrogens with zero attached hydrogens (tertiary/aromatic N) is 3. The van der Waals surface area contributed by atoms with Gasteiger partial charge in [-0.25, -0.2) is 9.97 Å². The summed E-state index contributed by atoms with van der Waals surface area (Å²) in [6.07, 6.45) is -1.62.